The van der Waals surface area contributed by atoms with Gasteiger partial charge in [0.1, 0.15) is 11.1 Å². The van der Waals surface area contributed by atoms with Crippen molar-refractivity contribution < 1.29 is 27.5 Å². The second-order valence-electron chi connectivity index (χ2n) is 2.85. The molecule has 2 rings (SSSR count). The molecule has 0 spiro atoms. The SMILES string of the molecule is Nc1nc2c(C(=O)O)c(F)c(F)c(F)c2o1. The second-order valence-corrected chi connectivity index (χ2v) is 2.85. The van der Waals surface area contributed by atoms with Crippen molar-refractivity contribution in [1.29, 1.82) is 0 Å². The third kappa shape index (κ3) is 1.19. The number of carbonyl (C=O) groups is 1. The number of nitrogen functional groups attached to an aromatic ring is 1. The number of nitrogens with two attached hydrogens (primary N) is 1. The lowest BCUT2D eigenvalue weighted by atomic mass is 10.1. The molecule has 0 fully saturated rings. The number of hydrogen-bond donors (Lipinski definition) is 2. The van der Waals surface area contributed by atoms with Crippen LogP contribution in [0.1, 0.15) is 10.4 Å². The molecule has 0 aliphatic heterocycles. The molecule has 84 valence electrons. The lowest BCUT2D eigenvalue weighted by Crippen LogP contribution is -2.06. The van der Waals surface area contributed by atoms with Crippen molar-refractivity contribution in [2.75, 3.05) is 5.73 Å². The van der Waals surface area contributed by atoms with Gasteiger partial charge in [0.15, 0.2) is 17.2 Å². The average Bonchev–Trinajstić information content (AvgIpc) is 2.56. The normalized spacial score (nSPS) is 10.9. The van der Waals surface area contributed by atoms with Crippen molar-refractivity contribution in [1.82, 2.24) is 4.98 Å². The van der Waals surface area contributed by atoms with Gasteiger partial charge in [0, 0.05) is 0 Å². The molecular weight excluding hydrogens is 229 g/mol. The first kappa shape index (κ1) is 10.3. The fourth-order valence-corrected chi connectivity index (χ4v) is 1.26. The van der Waals surface area contributed by atoms with Crippen molar-refractivity contribution in [2.45, 2.75) is 0 Å². The molecule has 1 aromatic carbocycles. The Labute approximate surface area is 85.3 Å². The Hall–Kier alpha value is -2.25. The van der Waals surface area contributed by atoms with Crippen molar-refractivity contribution in [3.8, 4) is 0 Å². The van der Waals surface area contributed by atoms with Gasteiger partial charge in [0.25, 0.3) is 6.01 Å². The van der Waals surface area contributed by atoms with Gasteiger partial charge in [-0.25, -0.2) is 13.6 Å². The van der Waals surface area contributed by atoms with Crippen LogP contribution >= 0.6 is 0 Å². The molecule has 0 aliphatic rings. The van der Waals surface area contributed by atoms with Crippen LogP contribution in [-0.2, 0) is 0 Å². The Bertz CT molecular complexity index is 608. The van der Waals surface area contributed by atoms with Crippen LogP contribution in [0.15, 0.2) is 4.42 Å². The van der Waals surface area contributed by atoms with E-state index in [-0.39, 0.29) is 0 Å². The molecular formula is C8H3F3N2O3. The number of aromatic nitrogens is 1. The summed E-state index contributed by atoms with van der Waals surface area (Å²) >= 11 is 0. The van der Waals surface area contributed by atoms with Crippen LogP contribution in [0.25, 0.3) is 11.1 Å². The van der Waals surface area contributed by atoms with Gasteiger partial charge in [-0.1, -0.05) is 0 Å². The number of halogens is 3. The molecule has 0 atom stereocenters. The summed E-state index contributed by atoms with van der Waals surface area (Å²) in [5.41, 5.74) is 2.44. The molecule has 0 bridgehead atoms. The van der Waals surface area contributed by atoms with Gasteiger partial charge in [-0.2, -0.15) is 9.37 Å². The van der Waals surface area contributed by atoms with E-state index in [9.17, 15) is 18.0 Å². The topological polar surface area (TPSA) is 89.3 Å². The van der Waals surface area contributed by atoms with Gasteiger partial charge < -0.3 is 15.3 Å². The summed E-state index contributed by atoms with van der Waals surface area (Å²) in [5.74, 6) is -7.25. The smallest absolute Gasteiger partial charge is 0.341 e. The first-order chi connectivity index (χ1) is 7.43. The Morgan fingerprint density at radius 2 is 1.88 bits per heavy atom. The molecule has 2 aromatic rings. The zero-order chi connectivity index (χ0) is 12.0. The molecule has 3 N–H and O–H groups in total. The second kappa shape index (κ2) is 3.12. The maximum absolute atomic E-state index is 13.1. The van der Waals surface area contributed by atoms with Crippen molar-refractivity contribution in [3.63, 3.8) is 0 Å². The predicted molar refractivity (Wildman–Crippen MR) is 45.3 cm³/mol. The van der Waals surface area contributed by atoms with Gasteiger partial charge in [-0.05, 0) is 0 Å². The average molecular weight is 232 g/mol. The zero-order valence-electron chi connectivity index (χ0n) is 7.42. The number of hydrogen-bond acceptors (Lipinski definition) is 4. The minimum absolute atomic E-state index is 0.582. The quantitative estimate of drug-likeness (QED) is 0.727. The molecule has 16 heavy (non-hydrogen) atoms. The molecule has 0 amide bonds. The molecule has 0 aliphatic carbocycles. The minimum Gasteiger partial charge on any atom is -0.478 e. The fourth-order valence-electron chi connectivity index (χ4n) is 1.26. The summed E-state index contributed by atoms with van der Waals surface area (Å²) in [6.45, 7) is 0. The molecule has 5 nitrogen and oxygen atoms in total. The van der Waals surface area contributed by atoms with Crippen LogP contribution in [0.5, 0.6) is 0 Å². The third-order valence-corrected chi connectivity index (χ3v) is 1.90. The highest BCUT2D eigenvalue weighted by Gasteiger charge is 2.28. The lowest BCUT2D eigenvalue weighted by molar-refractivity contribution is 0.0692. The highest BCUT2D eigenvalue weighted by molar-refractivity contribution is 6.01. The van der Waals surface area contributed by atoms with E-state index in [1.807, 2.05) is 0 Å². The molecule has 0 radical (unpaired) electrons. The minimum atomic E-state index is -1.94. The maximum Gasteiger partial charge on any atom is 0.341 e. The van der Waals surface area contributed by atoms with Crippen LogP contribution in [0.2, 0.25) is 0 Å². The van der Waals surface area contributed by atoms with Gasteiger partial charge >= 0.3 is 5.97 Å². The van der Waals surface area contributed by atoms with Gasteiger partial charge in [-0.15, -0.1) is 0 Å². The van der Waals surface area contributed by atoms with Crippen molar-refractivity contribution in [3.05, 3.63) is 23.0 Å². The van der Waals surface area contributed by atoms with Crippen LogP contribution < -0.4 is 5.73 Å². The summed E-state index contributed by atoms with van der Waals surface area (Å²) in [6, 6.07) is -0.582. The van der Waals surface area contributed by atoms with Crippen molar-refractivity contribution in [2.24, 2.45) is 0 Å². The van der Waals surface area contributed by atoms with E-state index in [2.05, 4.69) is 9.40 Å². The summed E-state index contributed by atoms with van der Waals surface area (Å²) in [7, 11) is 0. The summed E-state index contributed by atoms with van der Waals surface area (Å²) in [5, 5.41) is 8.64. The molecule has 1 aromatic heterocycles. The fraction of sp³-hybridized carbons (Fsp3) is 0. The number of benzene rings is 1. The summed E-state index contributed by atoms with van der Waals surface area (Å²) < 4.78 is 43.6. The Morgan fingerprint density at radius 3 is 2.44 bits per heavy atom. The number of carboxylic acid groups (broad SMARTS) is 1. The highest BCUT2D eigenvalue weighted by atomic mass is 19.2. The van der Waals surface area contributed by atoms with E-state index in [0.717, 1.165) is 0 Å². The van der Waals surface area contributed by atoms with Crippen LogP contribution in [0.3, 0.4) is 0 Å². The largest absolute Gasteiger partial charge is 0.478 e. The summed E-state index contributed by atoms with van der Waals surface area (Å²) in [6.07, 6.45) is 0. The van der Waals surface area contributed by atoms with Crippen LogP contribution in [0.4, 0.5) is 19.2 Å². The van der Waals surface area contributed by atoms with E-state index < -0.39 is 46.1 Å². The van der Waals surface area contributed by atoms with E-state index in [1.54, 1.807) is 0 Å². The number of oxazole rings is 1. The molecule has 1 heterocycles. The van der Waals surface area contributed by atoms with E-state index in [4.69, 9.17) is 10.8 Å². The molecule has 0 saturated carbocycles. The monoisotopic (exact) mass is 232 g/mol. The predicted octanol–water partition coefficient (Wildman–Crippen LogP) is 1.53. The number of carboxylic acids is 1. The molecule has 0 unspecified atom stereocenters. The summed E-state index contributed by atoms with van der Waals surface area (Å²) in [4.78, 5) is 13.9. The zero-order valence-corrected chi connectivity index (χ0v) is 7.42. The molecule has 0 saturated heterocycles. The van der Waals surface area contributed by atoms with Gasteiger partial charge in [0.2, 0.25) is 5.82 Å². The number of fused-ring (bicyclic) bond motifs is 1. The lowest BCUT2D eigenvalue weighted by Gasteiger charge is -2.00. The Kier molecular flexibility index (Phi) is 2.00. The Morgan fingerprint density at radius 1 is 1.25 bits per heavy atom. The van der Waals surface area contributed by atoms with Crippen LogP contribution in [-0.4, -0.2) is 16.1 Å². The van der Waals surface area contributed by atoms with E-state index >= 15 is 0 Å². The number of rotatable bonds is 1. The van der Waals surface area contributed by atoms with E-state index in [1.165, 1.54) is 0 Å². The first-order valence-corrected chi connectivity index (χ1v) is 3.89. The maximum atomic E-state index is 13.1. The number of anilines is 1. The highest BCUT2D eigenvalue weighted by Crippen LogP contribution is 2.28. The van der Waals surface area contributed by atoms with Crippen molar-refractivity contribution >= 4 is 23.1 Å². The Balaban J connectivity index is 3.02. The molecule has 8 heteroatoms. The standard InChI is InChI=1S/C8H3F3N2O3/c9-2-1(7(14)15)5-6(4(11)3(2)10)16-8(12)13-5/h(H2,12,13)(H,14,15). The van der Waals surface area contributed by atoms with Crippen LogP contribution in [0, 0.1) is 17.5 Å². The first-order valence-electron chi connectivity index (χ1n) is 3.89. The van der Waals surface area contributed by atoms with Gasteiger partial charge in [-0.3, -0.25) is 0 Å². The van der Waals surface area contributed by atoms with Gasteiger partial charge in [0.05, 0.1) is 0 Å². The number of nitrogens with zero attached hydrogens (tertiary/aromatic N) is 1. The third-order valence-electron chi connectivity index (χ3n) is 1.90. The van der Waals surface area contributed by atoms with E-state index in [0.29, 0.717) is 0 Å². The number of aromatic carboxylic acids is 1.